The number of Topliss-reactive ketones (excluding diaryl/α,β-unsaturated/α-hetero) is 1. The van der Waals surface area contributed by atoms with Crippen molar-refractivity contribution >= 4 is 5.78 Å². The van der Waals surface area contributed by atoms with Crippen LogP contribution in [0.4, 0.5) is 0 Å². The lowest BCUT2D eigenvalue weighted by Crippen LogP contribution is -2.23. The van der Waals surface area contributed by atoms with Crippen molar-refractivity contribution in [3.05, 3.63) is 0 Å². The van der Waals surface area contributed by atoms with Crippen molar-refractivity contribution in [3.8, 4) is 0 Å². The van der Waals surface area contributed by atoms with Gasteiger partial charge in [0.15, 0.2) is 0 Å². The first-order chi connectivity index (χ1) is 6.47. The molecule has 1 N–H and O–H groups in total. The number of hydrogen-bond acceptors (Lipinski definition) is 3. The largest absolute Gasteiger partial charge is 0.391 e. The van der Waals surface area contributed by atoms with Gasteiger partial charge >= 0.3 is 0 Å². The van der Waals surface area contributed by atoms with Crippen molar-refractivity contribution in [2.45, 2.75) is 52.7 Å². The van der Waals surface area contributed by atoms with Gasteiger partial charge in [0.1, 0.15) is 5.78 Å². The Morgan fingerprint density at radius 1 is 1.36 bits per heavy atom. The second kappa shape index (κ2) is 6.96. The summed E-state index contributed by atoms with van der Waals surface area (Å²) in [6.07, 6.45) is 0.642. The van der Waals surface area contributed by atoms with Crippen LogP contribution in [0.25, 0.3) is 0 Å². The minimum Gasteiger partial charge on any atom is -0.391 e. The van der Waals surface area contributed by atoms with Gasteiger partial charge in [-0.3, -0.25) is 4.79 Å². The van der Waals surface area contributed by atoms with Crippen LogP contribution in [0.3, 0.4) is 0 Å². The van der Waals surface area contributed by atoms with Gasteiger partial charge in [0.2, 0.25) is 0 Å². The zero-order valence-electron chi connectivity index (χ0n) is 9.62. The molecule has 0 aromatic heterocycles. The molecule has 0 amide bonds. The van der Waals surface area contributed by atoms with Gasteiger partial charge in [-0.05, 0) is 20.3 Å². The fourth-order valence-corrected chi connectivity index (χ4v) is 1.26. The van der Waals surface area contributed by atoms with Crippen molar-refractivity contribution in [1.82, 2.24) is 0 Å². The molecule has 14 heavy (non-hydrogen) atoms. The number of carbonyl (C=O) groups is 1. The number of ether oxygens (including phenoxy) is 1. The standard InChI is InChI=1S/C11H22O3/c1-5-11(13)9(4)6-10(12)7-14-8(2)3/h8-10,12H,5-7H2,1-4H3. The van der Waals surface area contributed by atoms with Gasteiger partial charge in [-0.25, -0.2) is 0 Å². The van der Waals surface area contributed by atoms with E-state index in [1.165, 1.54) is 0 Å². The molecule has 0 spiro atoms. The smallest absolute Gasteiger partial charge is 0.135 e. The summed E-state index contributed by atoms with van der Waals surface area (Å²) in [6, 6.07) is 0. The Bertz CT molecular complexity index is 166. The van der Waals surface area contributed by atoms with E-state index in [-0.39, 0.29) is 17.8 Å². The number of rotatable bonds is 7. The van der Waals surface area contributed by atoms with E-state index < -0.39 is 6.10 Å². The molecule has 0 fully saturated rings. The minimum atomic E-state index is -0.525. The molecule has 2 atom stereocenters. The Morgan fingerprint density at radius 3 is 2.36 bits per heavy atom. The van der Waals surface area contributed by atoms with Gasteiger partial charge in [0, 0.05) is 12.3 Å². The van der Waals surface area contributed by atoms with E-state index in [4.69, 9.17) is 4.74 Å². The van der Waals surface area contributed by atoms with Crippen molar-refractivity contribution < 1.29 is 14.6 Å². The molecule has 0 aromatic rings. The molecular formula is C11H22O3. The van der Waals surface area contributed by atoms with Gasteiger partial charge in [-0.15, -0.1) is 0 Å². The molecule has 0 aliphatic carbocycles. The molecule has 0 rings (SSSR count). The van der Waals surface area contributed by atoms with Crippen molar-refractivity contribution in [2.24, 2.45) is 5.92 Å². The maximum atomic E-state index is 11.2. The Balaban J connectivity index is 3.70. The molecule has 0 aromatic carbocycles. The van der Waals surface area contributed by atoms with E-state index in [2.05, 4.69) is 0 Å². The van der Waals surface area contributed by atoms with Gasteiger partial charge in [-0.2, -0.15) is 0 Å². The molecule has 0 heterocycles. The first kappa shape index (κ1) is 13.6. The topological polar surface area (TPSA) is 46.5 Å². The van der Waals surface area contributed by atoms with E-state index in [0.29, 0.717) is 19.4 Å². The maximum Gasteiger partial charge on any atom is 0.135 e. The van der Waals surface area contributed by atoms with E-state index in [1.807, 2.05) is 27.7 Å². The first-order valence-electron chi connectivity index (χ1n) is 5.29. The van der Waals surface area contributed by atoms with Crippen molar-refractivity contribution in [1.29, 1.82) is 0 Å². The zero-order valence-corrected chi connectivity index (χ0v) is 9.62. The number of aliphatic hydroxyl groups is 1. The zero-order chi connectivity index (χ0) is 11.1. The average molecular weight is 202 g/mol. The highest BCUT2D eigenvalue weighted by Crippen LogP contribution is 2.10. The summed E-state index contributed by atoms with van der Waals surface area (Å²) in [5, 5.41) is 9.54. The summed E-state index contributed by atoms with van der Waals surface area (Å²) in [5.74, 6) is 0.138. The molecule has 84 valence electrons. The van der Waals surface area contributed by atoms with E-state index in [9.17, 15) is 9.90 Å². The molecule has 0 aliphatic rings. The summed E-state index contributed by atoms with van der Waals surface area (Å²) in [5.41, 5.74) is 0. The second-order valence-corrected chi connectivity index (χ2v) is 3.99. The van der Waals surface area contributed by atoms with Crippen LogP contribution in [-0.4, -0.2) is 29.7 Å². The Labute approximate surface area is 86.5 Å². The molecule has 3 heteroatoms. The van der Waals surface area contributed by atoms with Crippen LogP contribution in [0.2, 0.25) is 0 Å². The van der Waals surface area contributed by atoms with E-state index in [0.717, 1.165) is 0 Å². The molecule has 0 bridgehead atoms. The fourth-order valence-electron chi connectivity index (χ4n) is 1.26. The van der Waals surface area contributed by atoms with Gasteiger partial charge in [-0.1, -0.05) is 13.8 Å². The van der Waals surface area contributed by atoms with Crippen LogP contribution >= 0.6 is 0 Å². The quantitative estimate of drug-likeness (QED) is 0.684. The molecule has 0 aliphatic heterocycles. The van der Waals surface area contributed by atoms with E-state index in [1.54, 1.807) is 0 Å². The van der Waals surface area contributed by atoms with Crippen LogP contribution in [0.1, 0.15) is 40.5 Å². The lowest BCUT2D eigenvalue weighted by Gasteiger charge is -2.16. The number of ketones is 1. The third-order valence-electron chi connectivity index (χ3n) is 2.15. The highest BCUT2D eigenvalue weighted by Gasteiger charge is 2.16. The molecule has 0 saturated carbocycles. The molecule has 3 nitrogen and oxygen atoms in total. The van der Waals surface area contributed by atoms with Crippen LogP contribution in [0.5, 0.6) is 0 Å². The summed E-state index contributed by atoms with van der Waals surface area (Å²) >= 11 is 0. The van der Waals surface area contributed by atoms with Crippen LogP contribution < -0.4 is 0 Å². The predicted octanol–water partition coefficient (Wildman–Crippen LogP) is 1.78. The molecule has 0 radical (unpaired) electrons. The maximum absolute atomic E-state index is 11.2. The molecule has 0 saturated heterocycles. The van der Waals surface area contributed by atoms with Crippen LogP contribution in [-0.2, 0) is 9.53 Å². The lowest BCUT2D eigenvalue weighted by molar-refractivity contribution is -0.123. The molecule has 2 unspecified atom stereocenters. The Kier molecular flexibility index (Phi) is 6.75. The van der Waals surface area contributed by atoms with Gasteiger partial charge < -0.3 is 9.84 Å². The third-order valence-corrected chi connectivity index (χ3v) is 2.15. The van der Waals surface area contributed by atoms with Crippen LogP contribution in [0.15, 0.2) is 0 Å². The summed E-state index contributed by atoms with van der Waals surface area (Å²) < 4.78 is 5.26. The summed E-state index contributed by atoms with van der Waals surface area (Å²) in [4.78, 5) is 11.2. The van der Waals surface area contributed by atoms with Crippen LogP contribution in [0, 0.1) is 5.92 Å². The number of hydrogen-bond donors (Lipinski definition) is 1. The highest BCUT2D eigenvalue weighted by atomic mass is 16.5. The average Bonchev–Trinajstić information content (AvgIpc) is 2.13. The third kappa shape index (κ3) is 6.11. The first-order valence-corrected chi connectivity index (χ1v) is 5.29. The molecular weight excluding hydrogens is 180 g/mol. The Morgan fingerprint density at radius 2 is 1.93 bits per heavy atom. The second-order valence-electron chi connectivity index (χ2n) is 3.99. The minimum absolute atomic E-state index is 0.0641. The summed E-state index contributed by atoms with van der Waals surface area (Å²) in [6.45, 7) is 7.86. The summed E-state index contributed by atoms with van der Waals surface area (Å²) in [7, 11) is 0. The SMILES string of the molecule is CCC(=O)C(C)CC(O)COC(C)C. The van der Waals surface area contributed by atoms with Crippen molar-refractivity contribution in [2.75, 3.05) is 6.61 Å². The predicted molar refractivity (Wildman–Crippen MR) is 56.2 cm³/mol. The van der Waals surface area contributed by atoms with E-state index >= 15 is 0 Å². The fraction of sp³-hybridized carbons (Fsp3) is 0.909. The van der Waals surface area contributed by atoms with Gasteiger partial charge in [0.05, 0.1) is 18.8 Å². The number of carbonyl (C=O) groups excluding carboxylic acids is 1. The lowest BCUT2D eigenvalue weighted by atomic mass is 9.98. The highest BCUT2D eigenvalue weighted by molar-refractivity contribution is 5.80. The monoisotopic (exact) mass is 202 g/mol. The number of aliphatic hydroxyl groups excluding tert-OH is 1. The van der Waals surface area contributed by atoms with Gasteiger partial charge in [0.25, 0.3) is 0 Å². The normalized spacial score (nSPS) is 15.6. The Hall–Kier alpha value is -0.410. The van der Waals surface area contributed by atoms with Crippen molar-refractivity contribution in [3.63, 3.8) is 0 Å².